The number of rotatable bonds is 1. The van der Waals surface area contributed by atoms with Crippen LogP contribution in [0, 0.1) is 5.92 Å². The fourth-order valence-corrected chi connectivity index (χ4v) is 1.18. The summed E-state index contributed by atoms with van der Waals surface area (Å²) in [4.78, 5) is 2.25. The molecular weight excluding hydrogens is 138 g/mol. The van der Waals surface area contributed by atoms with Gasteiger partial charge in [-0.15, -0.1) is 0 Å². The van der Waals surface area contributed by atoms with Gasteiger partial charge in [0.15, 0.2) is 0 Å². The Morgan fingerprint density at radius 2 is 2.00 bits per heavy atom. The maximum absolute atomic E-state index is 8.66. The van der Waals surface area contributed by atoms with Crippen LogP contribution in [0.5, 0.6) is 0 Å². The van der Waals surface area contributed by atoms with E-state index in [1.54, 1.807) is 0 Å². The molecule has 2 heteroatoms. The van der Waals surface area contributed by atoms with Crippen molar-refractivity contribution in [3.8, 4) is 0 Å². The highest BCUT2D eigenvalue weighted by molar-refractivity contribution is 4.71. The second-order valence-corrected chi connectivity index (χ2v) is 3.31. The Morgan fingerprint density at radius 3 is 2.18 bits per heavy atom. The topological polar surface area (TPSA) is 23.5 Å². The summed E-state index contributed by atoms with van der Waals surface area (Å²) in [6, 6.07) is 0. The molecule has 11 heavy (non-hydrogen) atoms. The molecule has 0 aliphatic carbocycles. The summed E-state index contributed by atoms with van der Waals surface area (Å²) in [6.07, 6.45) is 2.42. The lowest BCUT2D eigenvalue weighted by Gasteiger charge is -2.05. The molecule has 0 aromatic carbocycles. The van der Waals surface area contributed by atoms with Crippen molar-refractivity contribution in [1.82, 2.24) is 4.90 Å². The van der Waals surface area contributed by atoms with Crippen molar-refractivity contribution in [3.05, 3.63) is 0 Å². The van der Waals surface area contributed by atoms with E-state index in [-0.39, 0.29) is 0 Å². The lowest BCUT2D eigenvalue weighted by Crippen LogP contribution is -2.15. The predicted molar refractivity (Wildman–Crippen MR) is 48.7 cm³/mol. The summed E-state index contributed by atoms with van der Waals surface area (Å²) in [5, 5.41) is 8.66. The number of aliphatic hydroxyl groups excluding tert-OH is 1. The van der Waals surface area contributed by atoms with E-state index in [9.17, 15) is 0 Å². The molecule has 1 atom stereocenters. The molecule has 1 heterocycles. The molecule has 1 fully saturated rings. The van der Waals surface area contributed by atoms with Crippen molar-refractivity contribution in [2.24, 2.45) is 5.92 Å². The first-order valence-electron chi connectivity index (χ1n) is 4.53. The van der Waals surface area contributed by atoms with Crippen LogP contribution >= 0.6 is 0 Å². The smallest absolute Gasteiger partial charge is 0.0471 e. The third kappa shape index (κ3) is 5.22. The molecule has 0 saturated carbocycles. The van der Waals surface area contributed by atoms with Crippen LogP contribution in [0.3, 0.4) is 0 Å². The Morgan fingerprint density at radius 1 is 1.45 bits per heavy atom. The molecule has 0 spiro atoms. The number of nitrogens with zero attached hydrogens (tertiary/aromatic N) is 1. The fourth-order valence-electron chi connectivity index (χ4n) is 1.18. The molecule has 0 aromatic rings. The van der Waals surface area contributed by atoms with Crippen LogP contribution in [0.4, 0.5) is 0 Å². The molecule has 1 rings (SSSR count). The van der Waals surface area contributed by atoms with Crippen LogP contribution < -0.4 is 0 Å². The van der Waals surface area contributed by atoms with Crippen molar-refractivity contribution in [1.29, 1.82) is 0 Å². The van der Waals surface area contributed by atoms with Gasteiger partial charge in [-0.1, -0.05) is 20.3 Å². The van der Waals surface area contributed by atoms with Gasteiger partial charge in [-0.05, 0) is 25.9 Å². The zero-order chi connectivity index (χ0) is 8.69. The highest BCUT2D eigenvalue weighted by Gasteiger charge is 2.17. The van der Waals surface area contributed by atoms with Crippen LogP contribution in [-0.4, -0.2) is 36.8 Å². The summed E-state index contributed by atoms with van der Waals surface area (Å²) in [6.45, 7) is 6.85. The van der Waals surface area contributed by atoms with Gasteiger partial charge in [0, 0.05) is 13.2 Å². The van der Waals surface area contributed by atoms with E-state index in [0.717, 1.165) is 13.1 Å². The molecular formula is C9H21NO. The number of hydrogen-bond donors (Lipinski definition) is 1. The van der Waals surface area contributed by atoms with Gasteiger partial charge in [0.1, 0.15) is 0 Å². The molecule has 0 aromatic heterocycles. The predicted octanol–water partition coefficient (Wildman–Crippen LogP) is 1.35. The lowest BCUT2D eigenvalue weighted by atomic mass is 10.1. The van der Waals surface area contributed by atoms with Gasteiger partial charge in [0.05, 0.1) is 0 Å². The van der Waals surface area contributed by atoms with Crippen molar-refractivity contribution in [2.75, 3.05) is 26.7 Å². The van der Waals surface area contributed by atoms with E-state index in [1.807, 2.05) is 0 Å². The van der Waals surface area contributed by atoms with Crippen LogP contribution in [0.15, 0.2) is 0 Å². The van der Waals surface area contributed by atoms with Gasteiger partial charge < -0.3 is 10.0 Å². The van der Waals surface area contributed by atoms with Gasteiger partial charge in [-0.3, -0.25) is 0 Å². The highest BCUT2D eigenvalue weighted by atomic mass is 16.3. The Labute approximate surface area is 70.2 Å². The molecule has 0 amide bonds. The molecule has 2 nitrogen and oxygen atoms in total. The second kappa shape index (κ2) is 6.62. The third-order valence-electron chi connectivity index (χ3n) is 1.75. The first kappa shape index (κ1) is 10.9. The minimum Gasteiger partial charge on any atom is -0.396 e. The average molecular weight is 159 g/mol. The Bertz CT molecular complexity index is 85.6. The monoisotopic (exact) mass is 159 g/mol. The summed E-state index contributed by atoms with van der Waals surface area (Å²) in [7, 11) is 2.09. The van der Waals surface area contributed by atoms with Crippen molar-refractivity contribution in [3.63, 3.8) is 0 Å². The Balaban J connectivity index is 0.000000292. The van der Waals surface area contributed by atoms with Crippen LogP contribution in [0.1, 0.15) is 26.7 Å². The first-order valence-corrected chi connectivity index (χ1v) is 4.53. The molecule has 0 bridgehead atoms. The van der Waals surface area contributed by atoms with Crippen molar-refractivity contribution >= 4 is 0 Å². The summed E-state index contributed by atoms with van der Waals surface area (Å²) >= 11 is 0. The normalized spacial score (nSPS) is 24.5. The average Bonchev–Trinajstić information content (AvgIpc) is 2.37. The molecule has 1 N–H and O–H groups in total. The van der Waals surface area contributed by atoms with Crippen LogP contribution in [0.2, 0.25) is 0 Å². The van der Waals surface area contributed by atoms with Crippen LogP contribution in [-0.2, 0) is 0 Å². The van der Waals surface area contributed by atoms with Crippen molar-refractivity contribution < 1.29 is 5.11 Å². The van der Waals surface area contributed by atoms with Gasteiger partial charge in [-0.2, -0.15) is 0 Å². The Kier molecular flexibility index (Phi) is 6.57. The molecule has 1 saturated heterocycles. The fraction of sp³-hybridized carbons (Fsp3) is 1.00. The first-order chi connectivity index (χ1) is 5.24. The van der Waals surface area contributed by atoms with E-state index in [2.05, 4.69) is 25.8 Å². The zero-order valence-corrected chi connectivity index (χ0v) is 8.01. The maximum Gasteiger partial charge on any atom is 0.0471 e. The molecule has 0 radical (unpaired) electrons. The quantitative estimate of drug-likeness (QED) is 0.624. The molecule has 1 unspecified atom stereocenters. The zero-order valence-electron chi connectivity index (χ0n) is 8.01. The standard InChI is InChI=1S/C6H13NO.C3H8/c1-7-3-2-6(4-7)5-8;1-3-2/h6,8H,2-5H2,1H3;3H2,1-2H3. The van der Waals surface area contributed by atoms with Gasteiger partial charge >= 0.3 is 0 Å². The maximum atomic E-state index is 8.66. The van der Waals surface area contributed by atoms with E-state index in [1.165, 1.54) is 12.8 Å². The number of aliphatic hydroxyl groups is 1. The van der Waals surface area contributed by atoms with E-state index in [4.69, 9.17) is 5.11 Å². The second-order valence-electron chi connectivity index (χ2n) is 3.31. The molecule has 68 valence electrons. The van der Waals surface area contributed by atoms with Crippen LogP contribution in [0.25, 0.3) is 0 Å². The SMILES string of the molecule is CCC.CN1CCC(CO)C1. The molecule has 1 aliphatic heterocycles. The minimum atomic E-state index is 0.365. The summed E-state index contributed by atoms with van der Waals surface area (Å²) in [5.74, 6) is 0.556. The van der Waals surface area contributed by atoms with E-state index >= 15 is 0 Å². The van der Waals surface area contributed by atoms with Gasteiger partial charge in [0.25, 0.3) is 0 Å². The third-order valence-corrected chi connectivity index (χ3v) is 1.75. The number of hydrogen-bond acceptors (Lipinski definition) is 2. The molecule has 1 aliphatic rings. The Hall–Kier alpha value is -0.0800. The minimum absolute atomic E-state index is 0.365. The summed E-state index contributed by atoms with van der Waals surface area (Å²) in [5.41, 5.74) is 0. The van der Waals surface area contributed by atoms with Crippen molar-refractivity contribution in [2.45, 2.75) is 26.7 Å². The summed E-state index contributed by atoms with van der Waals surface area (Å²) < 4.78 is 0. The van der Waals surface area contributed by atoms with E-state index in [0.29, 0.717) is 12.5 Å². The lowest BCUT2D eigenvalue weighted by molar-refractivity contribution is 0.228. The largest absolute Gasteiger partial charge is 0.396 e. The van der Waals surface area contributed by atoms with Gasteiger partial charge in [0.2, 0.25) is 0 Å². The van der Waals surface area contributed by atoms with E-state index < -0.39 is 0 Å². The van der Waals surface area contributed by atoms with Gasteiger partial charge in [-0.25, -0.2) is 0 Å². The highest BCUT2D eigenvalue weighted by Crippen LogP contribution is 2.12. The number of likely N-dealkylation sites (tertiary alicyclic amines) is 1.